The minimum Gasteiger partial charge on any atom is -0.544 e. The number of H-pyrrole nitrogens is 1. The number of hydrogen-bond donors (Lipinski definition) is 1. The van der Waals surface area contributed by atoms with Crippen LogP contribution in [-0.2, 0) is 6.42 Å². The highest BCUT2D eigenvalue weighted by Crippen LogP contribution is 2.37. The topological polar surface area (TPSA) is 40.7 Å². The molecular weight excluding hydrogens is 450 g/mol. The third-order valence-corrected chi connectivity index (χ3v) is 12.3. The van der Waals surface area contributed by atoms with Crippen LogP contribution in [0.3, 0.4) is 0 Å². The largest absolute Gasteiger partial charge is 0.544 e. The molecule has 0 unspecified atom stereocenters. The smallest absolute Gasteiger partial charge is 0.250 e. The highest BCUT2D eigenvalue weighted by molar-refractivity contribution is 6.74. The van der Waals surface area contributed by atoms with Crippen molar-refractivity contribution in [1.82, 2.24) is 9.88 Å². The summed E-state index contributed by atoms with van der Waals surface area (Å²) in [7, 11) is -0.0623. The highest BCUT2D eigenvalue weighted by atomic mass is 28.4. The number of ether oxygens (including phenoxy) is 1. The van der Waals surface area contributed by atoms with Gasteiger partial charge >= 0.3 is 0 Å². The van der Waals surface area contributed by atoms with E-state index in [1.807, 2.05) is 6.07 Å². The van der Waals surface area contributed by atoms with E-state index >= 15 is 0 Å². The lowest BCUT2D eigenvalue weighted by atomic mass is 10.1. The quantitative estimate of drug-likeness (QED) is 0.266. The Bertz CT molecular complexity index is 1090. The number of unbranched alkanes of at least 4 members (excludes halogenated alkanes) is 1. The summed E-state index contributed by atoms with van der Waals surface area (Å²) < 4.78 is 11.8. The minimum absolute atomic E-state index is 0.213. The summed E-state index contributed by atoms with van der Waals surface area (Å²) in [6, 6.07) is 15.0. The predicted octanol–water partition coefficient (Wildman–Crippen LogP) is 6.71. The van der Waals surface area contributed by atoms with E-state index in [1.165, 1.54) is 41.5 Å². The molecule has 1 N–H and O–H groups in total. The SMILES string of the molecule is COc1ccc2[nH]cc(CCCCN3CCN(c4ccc(O[Si](C)(C)C(C)(C)C)cc4)CC3)c2c1. The second kappa shape index (κ2) is 10.7. The first-order valence-corrected chi connectivity index (χ1v) is 16.0. The molecule has 4 rings (SSSR count). The Morgan fingerprint density at radius 1 is 0.914 bits per heavy atom. The molecule has 2 aromatic carbocycles. The number of hydrogen-bond acceptors (Lipinski definition) is 4. The molecule has 1 aromatic heterocycles. The van der Waals surface area contributed by atoms with Gasteiger partial charge in [0.15, 0.2) is 0 Å². The molecule has 0 spiro atoms. The summed E-state index contributed by atoms with van der Waals surface area (Å²) in [5, 5.41) is 1.50. The Balaban J connectivity index is 1.20. The van der Waals surface area contributed by atoms with Crippen LogP contribution < -0.4 is 14.1 Å². The summed E-state index contributed by atoms with van der Waals surface area (Å²) in [5.74, 6) is 1.93. The lowest BCUT2D eigenvalue weighted by molar-refractivity contribution is 0.253. The molecule has 0 radical (unpaired) electrons. The molecule has 1 saturated heterocycles. The minimum atomic E-state index is -1.79. The fourth-order valence-electron chi connectivity index (χ4n) is 4.54. The van der Waals surface area contributed by atoms with E-state index < -0.39 is 8.32 Å². The lowest BCUT2D eigenvalue weighted by Gasteiger charge is -2.37. The molecular formula is C29H43N3O2Si. The van der Waals surface area contributed by atoms with Crippen LogP contribution in [0.15, 0.2) is 48.7 Å². The van der Waals surface area contributed by atoms with Crippen molar-refractivity contribution in [2.24, 2.45) is 0 Å². The maximum Gasteiger partial charge on any atom is 0.250 e. The average molecular weight is 494 g/mol. The Morgan fingerprint density at radius 2 is 1.60 bits per heavy atom. The van der Waals surface area contributed by atoms with Crippen LogP contribution in [0.2, 0.25) is 18.1 Å². The van der Waals surface area contributed by atoms with Crippen molar-refractivity contribution in [3.05, 3.63) is 54.2 Å². The number of nitrogens with one attached hydrogen (secondary N) is 1. The summed E-state index contributed by atoms with van der Waals surface area (Å²) in [4.78, 5) is 8.51. The number of benzene rings is 2. The van der Waals surface area contributed by atoms with Gasteiger partial charge in [-0.2, -0.15) is 0 Å². The molecule has 1 aliphatic rings. The first kappa shape index (κ1) is 25.6. The van der Waals surface area contributed by atoms with Crippen LogP contribution in [0.1, 0.15) is 39.2 Å². The molecule has 0 bridgehead atoms. The molecule has 1 aliphatic heterocycles. The number of aryl methyl sites for hydroxylation is 1. The van der Waals surface area contributed by atoms with Crippen molar-refractivity contribution in [2.45, 2.75) is 58.2 Å². The van der Waals surface area contributed by atoms with Crippen molar-refractivity contribution < 1.29 is 9.16 Å². The molecule has 3 aromatic rings. The van der Waals surface area contributed by atoms with Crippen molar-refractivity contribution in [3.8, 4) is 11.5 Å². The third-order valence-electron chi connectivity index (χ3n) is 7.90. The van der Waals surface area contributed by atoms with Crippen LogP contribution >= 0.6 is 0 Å². The fourth-order valence-corrected chi connectivity index (χ4v) is 5.58. The predicted molar refractivity (Wildman–Crippen MR) is 151 cm³/mol. The van der Waals surface area contributed by atoms with Crippen molar-refractivity contribution >= 4 is 24.9 Å². The molecule has 0 atom stereocenters. The number of nitrogens with zero attached hydrogens (tertiary/aromatic N) is 2. The number of aromatic nitrogens is 1. The van der Waals surface area contributed by atoms with E-state index in [1.54, 1.807) is 7.11 Å². The number of anilines is 1. The van der Waals surface area contributed by atoms with E-state index in [4.69, 9.17) is 9.16 Å². The summed E-state index contributed by atoms with van der Waals surface area (Å²) in [6.45, 7) is 17.1. The van der Waals surface area contributed by atoms with Crippen LogP contribution in [0, 0.1) is 0 Å². The van der Waals surface area contributed by atoms with Gasteiger partial charge in [0.1, 0.15) is 11.5 Å². The van der Waals surface area contributed by atoms with E-state index in [0.717, 1.165) is 44.1 Å². The number of aromatic amines is 1. The van der Waals surface area contributed by atoms with E-state index in [9.17, 15) is 0 Å². The average Bonchev–Trinajstić information content (AvgIpc) is 3.24. The number of rotatable bonds is 9. The second-order valence-electron chi connectivity index (χ2n) is 11.4. The zero-order valence-corrected chi connectivity index (χ0v) is 23.5. The van der Waals surface area contributed by atoms with Crippen molar-refractivity contribution in [2.75, 3.05) is 44.7 Å². The Hall–Kier alpha value is -2.44. The van der Waals surface area contributed by atoms with E-state index in [-0.39, 0.29) is 5.04 Å². The van der Waals surface area contributed by atoms with Gasteiger partial charge in [0, 0.05) is 49.0 Å². The van der Waals surface area contributed by atoms with Crippen molar-refractivity contribution in [1.29, 1.82) is 0 Å². The Labute approximate surface area is 212 Å². The second-order valence-corrected chi connectivity index (χ2v) is 16.1. The number of piperazine rings is 1. The Kier molecular flexibility index (Phi) is 7.82. The summed E-state index contributed by atoms with van der Waals surface area (Å²) in [5.41, 5.74) is 3.89. The van der Waals surface area contributed by atoms with E-state index in [2.05, 4.69) is 91.2 Å². The first-order valence-electron chi connectivity index (χ1n) is 13.1. The maximum atomic E-state index is 6.45. The summed E-state index contributed by atoms with van der Waals surface area (Å²) >= 11 is 0. The van der Waals surface area contributed by atoms with E-state index in [0.29, 0.717) is 0 Å². The van der Waals surface area contributed by atoms with Gasteiger partial charge in [-0.3, -0.25) is 4.90 Å². The normalized spacial score (nSPS) is 15.5. The van der Waals surface area contributed by atoms with Gasteiger partial charge < -0.3 is 19.0 Å². The van der Waals surface area contributed by atoms with Crippen LogP contribution in [-0.4, -0.2) is 58.0 Å². The van der Waals surface area contributed by atoms with Gasteiger partial charge in [0.25, 0.3) is 0 Å². The third kappa shape index (κ3) is 6.22. The molecule has 190 valence electrons. The number of methoxy groups -OCH3 is 1. The fraction of sp³-hybridized carbons (Fsp3) is 0.517. The van der Waals surface area contributed by atoms with Crippen LogP contribution in [0.25, 0.3) is 10.9 Å². The van der Waals surface area contributed by atoms with Gasteiger partial charge in [-0.15, -0.1) is 0 Å². The molecule has 35 heavy (non-hydrogen) atoms. The monoisotopic (exact) mass is 493 g/mol. The molecule has 5 nitrogen and oxygen atoms in total. The molecule has 0 amide bonds. The van der Waals surface area contributed by atoms with Gasteiger partial charge in [-0.25, -0.2) is 0 Å². The van der Waals surface area contributed by atoms with Gasteiger partial charge in [0.2, 0.25) is 8.32 Å². The maximum absolute atomic E-state index is 6.45. The van der Waals surface area contributed by atoms with Crippen molar-refractivity contribution in [3.63, 3.8) is 0 Å². The molecule has 0 aliphatic carbocycles. The van der Waals surface area contributed by atoms with Crippen LogP contribution in [0.5, 0.6) is 11.5 Å². The zero-order chi connectivity index (χ0) is 25.1. The highest BCUT2D eigenvalue weighted by Gasteiger charge is 2.38. The molecule has 2 heterocycles. The van der Waals surface area contributed by atoms with Gasteiger partial charge in [-0.05, 0) is 92.0 Å². The molecule has 6 heteroatoms. The first-order chi connectivity index (χ1) is 16.7. The standard InChI is InChI=1S/C29H43N3O2Si/c1-29(2,3)35(5,6)34-25-12-10-24(11-13-25)32-19-17-31(18-20-32)16-8-7-9-23-22-30-28-15-14-26(33-4)21-27(23)28/h10-15,21-22,30H,7-9,16-20H2,1-6H3. The Morgan fingerprint density at radius 3 is 2.26 bits per heavy atom. The molecule has 0 saturated carbocycles. The van der Waals surface area contributed by atoms with Gasteiger partial charge in [0.05, 0.1) is 7.11 Å². The van der Waals surface area contributed by atoms with Gasteiger partial charge in [-0.1, -0.05) is 20.8 Å². The number of fused-ring (bicyclic) bond motifs is 1. The lowest BCUT2D eigenvalue weighted by Crippen LogP contribution is -2.46. The summed E-state index contributed by atoms with van der Waals surface area (Å²) in [6.07, 6.45) is 5.71. The molecule has 1 fully saturated rings. The van der Waals surface area contributed by atoms with Crippen LogP contribution in [0.4, 0.5) is 5.69 Å². The zero-order valence-electron chi connectivity index (χ0n) is 22.5.